The Balaban J connectivity index is 2.56. The van der Waals surface area contributed by atoms with Crippen LogP contribution in [0.15, 0.2) is 30.3 Å². The number of benzene rings is 1. The highest BCUT2D eigenvalue weighted by atomic mass is 16.5. The zero-order valence-corrected chi connectivity index (χ0v) is 10.9. The van der Waals surface area contributed by atoms with Gasteiger partial charge in [-0.25, -0.2) is 0 Å². The number of carbonyl (C=O) groups excluding carboxylic acids is 2. The Morgan fingerprint density at radius 2 is 1.89 bits per heavy atom. The van der Waals surface area contributed by atoms with Crippen LogP contribution in [0.2, 0.25) is 0 Å². The molecule has 0 bridgehead atoms. The van der Waals surface area contributed by atoms with E-state index in [-0.39, 0.29) is 18.6 Å². The van der Waals surface area contributed by atoms with Gasteiger partial charge >= 0.3 is 5.97 Å². The monoisotopic (exact) mass is 249 g/mol. The molecule has 0 saturated carbocycles. The third-order valence-corrected chi connectivity index (χ3v) is 2.47. The first-order chi connectivity index (χ1) is 8.63. The highest BCUT2D eigenvalue weighted by molar-refractivity contribution is 5.78. The van der Waals surface area contributed by atoms with Crippen LogP contribution in [0.3, 0.4) is 0 Å². The van der Waals surface area contributed by atoms with Crippen LogP contribution in [0, 0.1) is 0 Å². The molecule has 0 aromatic heterocycles. The Labute approximate surface area is 108 Å². The maximum Gasteiger partial charge on any atom is 0.304 e. The fraction of sp³-hybridized carbons (Fsp3) is 0.429. The fourth-order valence-electron chi connectivity index (χ4n) is 1.58. The molecule has 98 valence electrons. The number of esters is 1. The number of hydrogen-bond acceptors (Lipinski definition) is 3. The fourth-order valence-corrected chi connectivity index (χ4v) is 1.58. The summed E-state index contributed by atoms with van der Waals surface area (Å²) in [5, 5.41) is 0. The van der Waals surface area contributed by atoms with E-state index in [1.54, 1.807) is 4.90 Å². The number of amides is 1. The molecule has 0 saturated heterocycles. The second-order valence-electron chi connectivity index (χ2n) is 4.08. The van der Waals surface area contributed by atoms with Crippen LogP contribution in [0.5, 0.6) is 0 Å². The average Bonchev–Trinajstić information content (AvgIpc) is 2.35. The van der Waals surface area contributed by atoms with Gasteiger partial charge in [0.15, 0.2) is 6.73 Å². The van der Waals surface area contributed by atoms with E-state index in [4.69, 9.17) is 4.74 Å². The molecule has 0 spiro atoms. The van der Waals surface area contributed by atoms with E-state index >= 15 is 0 Å². The van der Waals surface area contributed by atoms with Gasteiger partial charge in [0.05, 0.1) is 6.42 Å². The summed E-state index contributed by atoms with van der Waals surface area (Å²) in [7, 11) is 0. The average molecular weight is 249 g/mol. The molecule has 4 heteroatoms. The molecule has 0 heterocycles. The smallest absolute Gasteiger partial charge is 0.304 e. The summed E-state index contributed by atoms with van der Waals surface area (Å²) < 4.78 is 4.88. The summed E-state index contributed by atoms with van der Waals surface area (Å²) >= 11 is 0. The Morgan fingerprint density at radius 1 is 1.22 bits per heavy atom. The molecule has 18 heavy (non-hydrogen) atoms. The van der Waals surface area contributed by atoms with Crippen LogP contribution in [-0.4, -0.2) is 30.1 Å². The van der Waals surface area contributed by atoms with Gasteiger partial charge in [-0.15, -0.1) is 0 Å². The minimum Gasteiger partial charge on any atom is -0.444 e. The molecule has 0 unspecified atom stereocenters. The minimum absolute atomic E-state index is 0.0238. The molecule has 0 radical (unpaired) electrons. The molecule has 0 atom stereocenters. The SMILES string of the molecule is CCCN(COC(C)=O)C(=O)Cc1ccccc1. The predicted molar refractivity (Wildman–Crippen MR) is 68.8 cm³/mol. The Hall–Kier alpha value is -1.84. The molecular weight excluding hydrogens is 230 g/mol. The molecule has 0 aliphatic carbocycles. The summed E-state index contributed by atoms with van der Waals surface area (Å²) in [6, 6.07) is 9.54. The van der Waals surface area contributed by atoms with Gasteiger partial charge in [-0.2, -0.15) is 0 Å². The summed E-state index contributed by atoms with van der Waals surface area (Å²) in [5.74, 6) is -0.395. The maximum absolute atomic E-state index is 12.0. The quantitative estimate of drug-likeness (QED) is 0.572. The van der Waals surface area contributed by atoms with Crippen LogP contribution in [-0.2, 0) is 20.7 Å². The van der Waals surface area contributed by atoms with Crippen molar-refractivity contribution in [1.82, 2.24) is 4.90 Å². The number of hydrogen-bond donors (Lipinski definition) is 0. The molecular formula is C14H19NO3. The third-order valence-electron chi connectivity index (χ3n) is 2.47. The van der Waals surface area contributed by atoms with Gasteiger partial charge < -0.3 is 9.64 Å². The molecule has 0 N–H and O–H groups in total. The van der Waals surface area contributed by atoms with E-state index in [0.717, 1.165) is 12.0 Å². The van der Waals surface area contributed by atoms with Gasteiger partial charge in [0.1, 0.15) is 0 Å². The molecule has 0 aliphatic rings. The lowest BCUT2D eigenvalue weighted by Crippen LogP contribution is -2.35. The molecule has 0 fully saturated rings. The van der Waals surface area contributed by atoms with Crippen LogP contribution in [0.4, 0.5) is 0 Å². The molecule has 1 rings (SSSR count). The van der Waals surface area contributed by atoms with Crippen molar-refractivity contribution in [3.63, 3.8) is 0 Å². The van der Waals surface area contributed by atoms with E-state index in [9.17, 15) is 9.59 Å². The summed E-state index contributed by atoms with van der Waals surface area (Å²) in [5.41, 5.74) is 0.964. The molecule has 1 amide bonds. The van der Waals surface area contributed by atoms with E-state index in [2.05, 4.69) is 0 Å². The first-order valence-electron chi connectivity index (χ1n) is 6.08. The van der Waals surface area contributed by atoms with Gasteiger partial charge in [-0.3, -0.25) is 9.59 Å². The van der Waals surface area contributed by atoms with Crippen molar-refractivity contribution in [2.24, 2.45) is 0 Å². The van der Waals surface area contributed by atoms with E-state index < -0.39 is 0 Å². The van der Waals surface area contributed by atoms with Crippen molar-refractivity contribution in [3.8, 4) is 0 Å². The zero-order chi connectivity index (χ0) is 13.4. The van der Waals surface area contributed by atoms with Crippen LogP contribution >= 0.6 is 0 Å². The largest absolute Gasteiger partial charge is 0.444 e. The Bertz CT molecular complexity index is 389. The lowest BCUT2D eigenvalue weighted by molar-refractivity contribution is -0.150. The standard InChI is InChI=1S/C14H19NO3/c1-3-9-15(11-18-12(2)16)14(17)10-13-7-5-4-6-8-13/h4-8H,3,9-11H2,1-2H3. The second-order valence-corrected chi connectivity index (χ2v) is 4.08. The first-order valence-corrected chi connectivity index (χ1v) is 6.08. The predicted octanol–water partition coefficient (Wildman–Crippen LogP) is 1.99. The van der Waals surface area contributed by atoms with Gasteiger partial charge in [0.2, 0.25) is 5.91 Å². The van der Waals surface area contributed by atoms with Crippen molar-refractivity contribution in [1.29, 1.82) is 0 Å². The highest BCUT2D eigenvalue weighted by Crippen LogP contribution is 2.04. The van der Waals surface area contributed by atoms with Gasteiger partial charge in [-0.05, 0) is 12.0 Å². The summed E-state index contributed by atoms with van der Waals surface area (Å²) in [6.45, 7) is 3.95. The molecule has 1 aromatic rings. The van der Waals surface area contributed by atoms with Crippen LogP contribution < -0.4 is 0 Å². The van der Waals surface area contributed by atoms with E-state index in [1.807, 2.05) is 37.3 Å². The van der Waals surface area contributed by atoms with E-state index in [1.165, 1.54) is 6.92 Å². The topological polar surface area (TPSA) is 46.6 Å². The van der Waals surface area contributed by atoms with Crippen molar-refractivity contribution in [2.45, 2.75) is 26.7 Å². The normalized spacial score (nSPS) is 9.89. The summed E-state index contributed by atoms with van der Waals surface area (Å²) in [4.78, 5) is 24.4. The van der Waals surface area contributed by atoms with Gasteiger partial charge in [0.25, 0.3) is 0 Å². The molecule has 0 aliphatic heterocycles. The summed E-state index contributed by atoms with van der Waals surface area (Å²) in [6.07, 6.45) is 1.17. The Kier molecular flexibility index (Phi) is 5.91. The van der Waals surface area contributed by atoms with Gasteiger partial charge in [0, 0.05) is 13.5 Å². The molecule has 1 aromatic carbocycles. The highest BCUT2D eigenvalue weighted by Gasteiger charge is 2.14. The maximum atomic E-state index is 12.0. The zero-order valence-electron chi connectivity index (χ0n) is 10.9. The molecule has 4 nitrogen and oxygen atoms in total. The number of ether oxygens (including phenoxy) is 1. The lowest BCUT2D eigenvalue weighted by Gasteiger charge is -2.21. The lowest BCUT2D eigenvalue weighted by atomic mass is 10.1. The number of carbonyl (C=O) groups is 2. The van der Waals surface area contributed by atoms with Crippen molar-refractivity contribution in [3.05, 3.63) is 35.9 Å². The number of rotatable bonds is 6. The van der Waals surface area contributed by atoms with Crippen molar-refractivity contribution >= 4 is 11.9 Å². The van der Waals surface area contributed by atoms with Crippen molar-refractivity contribution < 1.29 is 14.3 Å². The minimum atomic E-state index is -0.372. The second kappa shape index (κ2) is 7.48. The van der Waals surface area contributed by atoms with Crippen LogP contribution in [0.25, 0.3) is 0 Å². The van der Waals surface area contributed by atoms with E-state index in [0.29, 0.717) is 13.0 Å². The third kappa shape index (κ3) is 4.99. The Morgan fingerprint density at radius 3 is 2.44 bits per heavy atom. The van der Waals surface area contributed by atoms with Crippen LogP contribution in [0.1, 0.15) is 25.8 Å². The number of nitrogens with zero attached hydrogens (tertiary/aromatic N) is 1. The van der Waals surface area contributed by atoms with Gasteiger partial charge in [-0.1, -0.05) is 37.3 Å². The first kappa shape index (κ1) is 14.2. The van der Waals surface area contributed by atoms with Crippen molar-refractivity contribution in [2.75, 3.05) is 13.3 Å².